The minimum absolute atomic E-state index is 0.0853. The lowest BCUT2D eigenvalue weighted by Crippen LogP contribution is -2.14. The second-order valence-electron chi connectivity index (χ2n) is 6.46. The second-order valence-corrected chi connectivity index (χ2v) is 7.94. The zero-order chi connectivity index (χ0) is 19.9. The van der Waals surface area contributed by atoms with Gasteiger partial charge in [-0.05, 0) is 42.8 Å². The summed E-state index contributed by atoms with van der Waals surface area (Å²) in [4.78, 5) is 25.5. The van der Waals surface area contributed by atoms with Crippen molar-refractivity contribution in [3.63, 3.8) is 0 Å². The largest absolute Gasteiger partial charge is 0.326 e. The molecule has 3 nitrogen and oxygen atoms in total. The van der Waals surface area contributed by atoms with Crippen molar-refractivity contribution in [3.05, 3.63) is 94.5 Å². The van der Waals surface area contributed by atoms with Crippen molar-refractivity contribution in [2.45, 2.75) is 18.2 Å². The summed E-state index contributed by atoms with van der Waals surface area (Å²) < 4.78 is 0. The molecule has 3 rings (SSSR count). The van der Waals surface area contributed by atoms with Gasteiger partial charge in [-0.1, -0.05) is 59.6 Å². The minimum atomic E-state index is -0.0970. The summed E-state index contributed by atoms with van der Waals surface area (Å²) in [6, 6.07) is 22.3. The molecular weight excluding hydrogens is 390 g/mol. The van der Waals surface area contributed by atoms with Gasteiger partial charge in [0.1, 0.15) is 0 Å². The topological polar surface area (TPSA) is 46.2 Å². The summed E-state index contributed by atoms with van der Waals surface area (Å²) in [5, 5.41) is 3.55. The van der Waals surface area contributed by atoms with E-state index in [0.717, 1.165) is 16.0 Å². The van der Waals surface area contributed by atoms with Gasteiger partial charge in [-0.15, -0.1) is 11.8 Å². The number of thioether (sulfide) groups is 1. The van der Waals surface area contributed by atoms with Crippen molar-refractivity contribution in [1.82, 2.24) is 0 Å². The molecule has 28 heavy (non-hydrogen) atoms. The Morgan fingerprint density at radius 1 is 0.964 bits per heavy atom. The Labute approximate surface area is 174 Å². The number of halogens is 1. The fraction of sp³-hybridized carbons (Fsp3) is 0.130. The average Bonchev–Trinajstić information content (AvgIpc) is 2.69. The Morgan fingerprint density at radius 2 is 1.68 bits per heavy atom. The van der Waals surface area contributed by atoms with E-state index in [-0.39, 0.29) is 18.1 Å². The average molecular weight is 410 g/mol. The molecule has 0 bridgehead atoms. The first-order chi connectivity index (χ1) is 13.5. The number of Topliss-reactive ketones (excluding diaryl/α,β-unsaturated/α-hetero) is 1. The number of anilines is 1. The normalized spacial score (nSPS) is 10.5. The second kappa shape index (κ2) is 9.58. The lowest BCUT2D eigenvalue weighted by atomic mass is 10.1. The molecule has 0 unspecified atom stereocenters. The molecule has 0 aromatic heterocycles. The van der Waals surface area contributed by atoms with Crippen LogP contribution in [-0.2, 0) is 11.2 Å². The highest BCUT2D eigenvalue weighted by atomic mass is 35.5. The molecule has 0 aliphatic carbocycles. The van der Waals surface area contributed by atoms with Crippen LogP contribution in [0.1, 0.15) is 21.5 Å². The van der Waals surface area contributed by atoms with Gasteiger partial charge in [-0.2, -0.15) is 0 Å². The van der Waals surface area contributed by atoms with Crippen molar-refractivity contribution in [2.75, 3.05) is 11.1 Å². The molecule has 142 valence electrons. The Morgan fingerprint density at radius 3 is 2.39 bits per heavy atom. The van der Waals surface area contributed by atoms with Gasteiger partial charge < -0.3 is 5.32 Å². The number of amides is 1. The standard InChI is InChI=1S/C23H20ClNO2S/c1-16-5-9-18(10-6-16)22(26)15-28-21-4-2-3-20(14-21)25-23(27)13-17-7-11-19(24)12-8-17/h2-12,14H,13,15H2,1H3,(H,25,27). The molecule has 0 aliphatic rings. The van der Waals surface area contributed by atoms with Gasteiger partial charge in [0, 0.05) is 21.2 Å². The minimum Gasteiger partial charge on any atom is -0.326 e. The molecule has 3 aromatic rings. The van der Waals surface area contributed by atoms with E-state index in [9.17, 15) is 9.59 Å². The van der Waals surface area contributed by atoms with Crippen molar-refractivity contribution >= 4 is 40.7 Å². The predicted molar refractivity (Wildman–Crippen MR) is 116 cm³/mol. The Hall–Kier alpha value is -2.56. The summed E-state index contributed by atoms with van der Waals surface area (Å²) in [7, 11) is 0. The highest BCUT2D eigenvalue weighted by molar-refractivity contribution is 8.00. The maximum atomic E-state index is 12.3. The third-order valence-corrected chi connectivity index (χ3v) is 5.38. The fourth-order valence-corrected chi connectivity index (χ4v) is 3.60. The lowest BCUT2D eigenvalue weighted by molar-refractivity contribution is -0.115. The van der Waals surface area contributed by atoms with Crippen molar-refractivity contribution in [3.8, 4) is 0 Å². The number of hydrogen-bond acceptors (Lipinski definition) is 3. The number of nitrogens with one attached hydrogen (secondary N) is 1. The number of benzene rings is 3. The molecule has 0 radical (unpaired) electrons. The van der Waals surface area contributed by atoms with Crippen LogP contribution in [0.25, 0.3) is 0 Å². The van der Waals surface area contributed by atoms with E-state index < -0.39 is 0 Å². The zero-order valence-electron chi connectivity index (χ0n) is 15.4. The number of ketones is 1. The van der Waals surface area contributed by atoms with Gasteiger partial charge >= 0.3 is 0 Å². The van der Waals surface area contributed by atoms with Crippen LogP contribution in [0.3, 0.4) is 0 Å². The van der Waals surface area contributed by atoms with E-state index in [1.54, 1.807) is 12.1 Å². The van der Waals surface area contributed by atoms with E-state index >= 15 is 0 Å². The Balaban J connectivity index is 1.55. The van der Waals surface area contributed by atoms with Crippen molar-refractivity contribution in [2.24, 2.45) is 0 Å². The molecule has 0 saturated carbocycles. The Kier molecular flexibility index (Phi) is 6.90. The van der Waals surface area contributed by atoms with Crippen LogP contribution in [0.2, 0.25) is 5.02 Å². The van der Waals surface area contributed by atoms with Crippen LogP contribution in [0.4, 0.5) is 5.69 Å². The number of aryl methyl sites for hydroxylation is 1. The molecule has 3 aromatic carbocycles. The van der Waals surface area contributed by atoms with Crippen molar-refractivity contribution < 1.29 is 9.59 Å². The highest BCUT2D eigenvalue weighted by Crippen LogP contribution is 2.23. The van der Waals surface area contributed by atoms with Gasteiger partial charge in [-0.25, -0.2) is 0 Å². The summed E-state index contributed by atoms with van der Waals surface area (Å²) in [6.07, 6.45) is 0.278. The van der Waals surface area contributed by atoms with Crippen LogP contribution in [0.5, 0.6) is 0 Å². The lowest BCUT2D eigenvalue weighted by Gasteiger charge is -2.08. The van der Waals surface area contributed by atoms with Gasteiger partial charge in [0.05, 0.1) is 12.2 Å². The number of hydrogen-bond donors (Lipinski definition) is 1. The molecule has 0 saturated heterocycles. The maximum Gasteiger partial charge on any atom is 0.228 e. The molecule has 1 N–H and O–H groups in total. The number of carbonyl (C=O) groups is 2. The fourth-order valence-electron chi connectivity index (χ4n) is 2.63. The van der Waals surface area contributed by atoms with Crippen LogP contribution in [0, 0.1) is 6.92 Å². The van der Waals surface area contributed by atoms with E-state index in [1.807, 2.05) is 67.6 Å². The van der Waals surface area contributed by atoms with E-state index in [0.29, 0.717) is 22.0 Å². The summed E-state index contributed by atoms with van der Waals surface area (Å²) in [5.74, 6) is 0.341. The number of rotatable bonds is 7. The van der Waals surface area contributed by atoms with Gasteiger partial charge in [0.15, 0.2) is 5.78 Å². The molecular formula is C23H20ClNO2S. The summed E-state index contributed by atoms with van der Waals surface area (Å²) >= 11 is 7.33. The molecule has 0 atom stereocenters. The summed E-state index contributed by atoms with van der Waals surface area (Å²) in [5.41, 5.74) is 3.46. The van der Waals surface area contributed by atoms with Gasteiger partial charge in [-0.3, -0.25) is 9.59 Å². The maximum absolute atomic E-state index is 12.3. The smallest absolute Gasteiger partial charge is 0.228 e. The first-order valence-corrected chi connectivity index (χ1v) is 10.2. The monoisotopic (exact) mass is 409 g/mol. The van der Waals surface area contributed by atoms with Crippen LogP contribution >= 0.6 is 23.4 Å². The first-order valence-electron chi connectivity index (χ1n) is 8.86. The van der Waals surface area contributed by atoms with Crippen LogP contribution < -0.4 is 5.32 Å². The predicted octanol–water partition coefficient (Wildman–Crippen LogP) is 5.80. The van der Waals surface area contributed by atoms with Crippen molar-refractivity contribution in [1.29, 1.82) is 0 Å². The SMILES string of the molecule is Cc1ccc(C(=O)CSc2cccc(NC(=O)Cc3ccc(Cl)cc3)c2)cc1. The zero-order valence-corrected chi connectivity index (χ0v) is 17.0. The molecule has 1 amide bonds. The van der Waals surface area contributed by atoms with Gasteiger partial charge in [0.2, 0.25) is 5.91 Å². The quantitative estimate of drug-likeness (QED) is 0.396. The van der Waals surface area contributed by atoms with Crippen LogP contribution in [0.15, 0.2) is 77.7 Å². The molecule has 0 fully saturated rings. The third-order valence-electron chi connectivity index (χ3n) is 4.14. The molecule has 0 heterocycles. The highest BCUT2D eigenvalue weighted by Gasteiger charge is 2.08. The molecule has 0 aliphatic heterocycles. The molecule has 5 heteroatoms. The Bertz CT molecular complexity index is 969. The molecule has 0 spiro atoms. The first kappa shape index (κ1) is 20.2. The van der Waals surface area contributed by atoms with E-state index in [1.165, 1.54) is 11.8 Å². The van der Waals surface area contributed by atoms with E-state index in [2.05, 4.69) is 5.32 Å². The summed E-state index contributed by atoms with van der Waals surface area (Å²) in [6.45, 7) is 2.00. The van der Waals surface area contributed by atoms with Crippen LogP contribution in [-0.4, -0.2) is 17.4 Å². The van der Waals surface area contributed by atoms with E-state index in [4.69, 9.17) is 11.6 Å². The van der Waals surface area contributed by atoms with Gasteiger partial charge in [0.25, 0.3) is 0 Å². The third kappa shape index (κ3) is 5.98. The number of carbonyl (C=O) groups excluding carboxylic acids is 2.